The van der Waals surface area contributed by atoms with Crippen LogP contribution in [0, 0.1) is 0 Å². The number of hydrogen-bond donors (Lipinski definition) is 0. The van der Waals surface area contributed by atoms with Crippen molar-refractivity contribution in [1.29, 1.82) is 0 Å². The van der Waals surface area contributed by atoms with Crippen molar-refractivity contribution in [3.05, 3.63) is 231 Å². The minimum atomic E-state index is 0.880. The fourth-order valence-electron chi connectivity index (χ4n) is 9.34. The molecule has 3 heteroatoms. The molecule has 12 aromatic rings. The van der Waals surface area contributed by atoms with Gasteiger partial charge < -0.3 is 13.9 Å². The van der Waals surface area contributed by atoms with Crippen LogP contribution in [0.15, 0.2) is 235 Å². The molecule has 2 aromatic heterocycles. The summed E-state index contributed by atoms with van der Waals surface area (Å²) in [6, 6.07) is 82.8. The van der Waals surface area contributed by atoms with Crippen LogP contribution in [0.1, 0.15) is 0 Å². The molecule has 0 radical (unpaired) electrons. The van der Waals surface area contributed by atoms with Crippen molar-refractivity contribution >= 4 is 71.6 Å². The summed E-state index contributed by atoms with van der Waals surface area (Å²) in [5.74, 6) is 0. The molecule has 0 saturated carbocycles. The average molecular weight is 779 g/mol. The summed E-state index contributed by atoms with van der Waals surface area (Å²) in [4.78, 5) is 2.37. The second kappa shape index (κ2) is 14.3. The van der Waals surface area contributed by atoms with Gasteiger partial charge in [-0.2, -0.15) is 0 Å². The molecule has 10 aromatic carbocycles. The maximum absolute atomic E-state index is 6.65. The zero-order valence-electron chi connectivity index (χ0n) is 33.2. The van der Waals surface area contributed by atoms with Crippen LogP contribution >= 0.6 is 0 Å². The Kier molecular flexibility index (Phi) is 8.17. The van der Waals surface area contributed by atoms with Crippen molar-refractivity contribution in [2.24, 2.45) is 0 Å². The molecule has 0 N–H and O–H groups in total. The number of nitrogens with zero attached hydrogens (tertiary/aromatic N) is 2. The Labute approximate surface area is 353 Å². The highest BCUT2D eigenvalue weighted by Gasteiger charge is 2.20. The molecule has 2 heterocycles. The third-order valence-corrected chi connectivity index (χ3v) is 12.2. The Bertz CT molecular complexity index is 3570. The van der Waals surface area contributed by atoms with Crippen LogP contribution in [0.5, 0.6) is 0 Å². The van der Waals surface area contributed by atoms with Gasteiger partial charge >= 0.3 is 0 Å². The fraction of sp³-hybridized carbons (Fsp3) is 0. The third kappa shape index (κ3) is 5.90. The van der Waals surface area contributed by atoms with E-state index in [-0.39, 0.29) is 0 Å². The summed E-state index contributed by atoms with van der Waals surface area (Å²) in [6.07, 6.45) is 0. The molecule has 0 aliphatic carbocycles. The van der Waals surface area contributed by atoms with Crippen molar-refractivity contribution in [3.8, 4) is 39.1 Å². The molecular formula is C58H38N2O. The second-order valence-electron chi connectivity index (χ2n) is 15.7. The van der Waals surface area contributed by atoms with Gasteiger partial charge in [-0.3, -0.25) is 0 Å². The quantitative estimate of drug-likeness (QED) is 0.161. The van der Waals surface area contributed by atoms with Gasteiger partial charge in [-0.15, -0.1) is 0 Å². The summed E-state index contributed by atoms with van der Waals surface area (Å²) < 4.78 is 9.04. The second-order valence-corrected chi connectivity index (χ2v) is 15.7. The normalized spacial score (nSPS) is 11.6. The molecule has 3 nitrogen and oxygen atoms in total. The molecule has 286 valence electrons. The van der Waals surface area contributed by atoms with Crippen molar-refractivity contribution in [2.75, 3.05) is 4.90 Å². The van der Waals surface area contributed by atoms with Gasteiger partial charge in [0.15, 0.2) is 0 Å². The van der Waals surface area contributed by atoms with E-state index in [1.807, 2.05) is 0 Å². The number of anilines is 3. The van der Waals surface area contributed by atoms with Crippen LogP contribution in [0.25, 0.3) is 93.6 Å². The maximum atomic E-state index is 6.65. The van der Waals surface area contributed by atoms with Gasteiger partial charge in [0, 0.05) is 44.3 Å². The Balaban J connectivity index is 1.03. The minimum absolute atomic E-state index is 0.880. The van der Waals surface area contributed by atoms with Crippen LogP contribution in [-0.4, -0.2) is 4.57 Å². The van der Waals surface area contributed by atoms with E-state index in [0.717, 1.165) is 66.6 Å². The van der Waals surface area contributed by atoms with E-state index in [4.69, 9.17) is 4.42 Å². The summed E-state index contributed by atoms with van der Waals surface area (Å²) in [6.45, 7) is 0. The molecule has 0 atom stereocenters. The van der Waals surface area contributed by atoms with Gasteiger partial charge in [-0.1, -0.05) is 158 Å². The number of rotatable bonds is 7. The molecular weight excluding hydrogens is 741 g/mol. The average Bonchev–Trinajstić information content (AvgIpc) is 3.89. The zero-order valence-corrected chi connectivity index (χ0v) is 33.2. The molecule has 0 amide bonds. The van der Waals surface area contributed by atoms with E-state index in [9.17, 15) is 0 Å². The number of para-hydroxylation sites is 2. The Morgan fingerprint density at radius 2 is 0.918 bits per heavy atom. The number of furan rings is 1. The Morgan fingerprint density at radius 3 is 1.72 bits per heavy atom. The van der Waals surface area contributed by atoms with Crippen molar-refractivity contribution in [3.63, 3.8) is 0 Å². The van der Waals surface area contributed by atoms with Crippen LogP contribution in [0.2, 0.25) is 0 Å². The predicted molar refractivity (Wildman–Crippen MR) is 257 cm³/mol. The SMILES string of the molecule is c1ccc(-c2ccc(N(c3cccc(-c4ccccc4)c3)c3ccc4c(ccc5oc6cccc(-c7ccc8c9ccccc9n(-c9ccccc9)c8c7)c6c54)c3)cc2)cc1. The van der Waals surface area contributed by atoms with E-state index in [0.29, 0.717) is 0 Å². The zero-order chi connectivity index (χ0) is 40.3. The summed E-state index contributed by atoms with van der Waals surface area (Å²) in [5, 5.41) is 7.04. The van der Waals surface area contributed by atoms with Crippen molar-refractivity contribution in [2.45, 2.75) is 0 Å². The van der Waals surface area contributed by atoms with Crippen molar-refractivity contribution in [1.82, 2.24) is 4.57 Å². The first-order chi connectivity index (χ1) is 30.2. The first-order valence-corrected chi connectivity index (χ1v) is 20.8. The van der Waals surface area contributed by atoms with Crippen LogP contribution in [0.3, 0.4) is 0 Å². The van der Waals surface area contributed by atoms with Crippen LogP contribution in [0.4, 0.5) is 17.1 Å². The molecule has 0 bridgehead atoms. The topological polar surface area (TPSA) is 21.3 Å². The molecule has 0 aliphatic rings. The number of aromatic nitrogens is 1. The largest absolute Gasteiger partial charge is 0.456 e. The highest BCUT2D eigenvalue weighted by Crippen LogP contribution is 2.44. The molecule has 0 saturated heterocycles. The lowest BCUT2D eigenvalue weighted by Crippen LogP contribution is -2.10. The summed E-state index contributed by atoms with van der Waals surface area (Å²) >= 11 is 0. The Morgan fingerprint density at radius 1 is 0.328 bits per heavy atom. The molecule has 0 unspecified atom stereocenters. The van der Waals surface area contributed by atoms with E-state index >= 15 is 0 Å². The van der Waals surface area contributed by atoms with Crippen molar-refractivity contribution < 1.29 is 4.42 Å². The van der Waals surface area contributed by atoms with Crippen LogP contribution < -0.4 is 4.90 Å². The van der Waals surface area contributed by atoms with Crippen LogP contribution in [-0.2, 0) is 0 Å². The number of fused-ring (bicyclic) bond motifs is 8. The minimum Gasteiger partial charge on any atom is -0.456 e. The lowest BCUT2D eigenvalue weighted by molar-refractivity contribution is 0.669. The Hall–Kier alpha value is -8.14. The molecule has 61 heavy (non-hydrogen) atoms. The summed E-state index contributed by atoms with van der Waals surface area (Å²) in [5.41, 5.74) is 15.6. The lowest BCUT2D eigenvalue weighted by atomic mass is 9.95. The molecule has 0 spiro atoms. The van der Waals surface area contributed by atoms with Gasteiger partial charge in [0.25, 0.3) is 0 Å². The standard InChI is InChI=1S/C58H38N2O/c1-4-14-39(15-5-1)41-26-30-46(31-27-41)59(47-21-12-18-42(36-47)40-16-6-2-7-17-40)48-32-34-50-43(37-48)29-35-56-58(50)57-49(23-13-25-55(57)61-56)44-28-33-52-51-22-10-11-24-53(51)60(54(52)38-44)45-19-8-3-9-20-45/h1-38H. The fourth-order valence-corrected chi connectivity index (χ4v) is 9.34. The first kappa shape index (κ1) is 34.9. The van der Waals surface area contributed by atoms with E-state index < -0.39 is 0 Å². The van der Waals surface area contributed by atoms with E-state index in [1.54, 1.807) is 0 Å². The lowest BCUT2D eigenvalue weighted by Gasteiger charge is -2.26. The predicted octanol–water partition coefficient (Wildman–Crippen LogP) is 16.3. The smallest absolute Gasteiger partial charge is 0.136 e. The highest BCUT2D eigenvalue weighted by molar-refractivity contribution is 6.23. The maximum Gasteiger partial charge on any atom is 0.136 e. The van der Waals surface area contributed by atoms with Gasteiger partial charge in [0.2, 0.25) is 0 Å². The number of benzene rings is 10. The van der Waals surface area contributed by atoms with Gasteiger partial charge in [0.1, 0.15) is 11.2 Å². The monoisotopic (exact) mass is 778 g/mol. The molecule has 0 aliphatic heterocycles. The molecule has 12 rings (SSSR count). The summed E-state index contributed by atoms with van der Waals surface area (Å²) in [7, 11) is 0. The third-order valence-electron chi connectivity index (χ3n) is 12.2. The van der Waals surface area contributed by atoms with Gasteiger partial charge in [-0.05, 0) is 117 Å². The van der Waals surface area contributed by atoms with E-state index in [1.165, 1.54) is 44.1 Å². The van der Waals surface area contributed by atoms with Gasteiger partial charge in [-0.25, -0.2) is 0 Å². The van der Waals surface area contributed by atoms with E-state index in [2.05, 4.69) is 240 Å². The van der Waals surface area contributed by atoms with Gasteiger partial charge in [0.05, 0.1) is 11.0 Å². The highest BCUT2D eigenvalue weighted by atomic mass is 16.3. The molecule has 0 fully saturated rings. The number of hydrogen-bond acceptors (Lipinski definition) is 2. The first-order valence-electron chi connectivity index (χ1n) is 20.8.